The van der Waals surface area contributed by atoms with Crippen molar-refractivity contribution in [3.63, 3.8) is 0 Å². The lowest BCUT2D eigenvalue weighted by molar-refractivity contribution is -0.121. The van der Waals surface area contributed by atoms with Gasteiger partial charge >= 0.3 is 0 Å². The Balaban J connectivity index is 1.71. The van der Waals surface area contributed by atoms with Crippen molar-refractivity contribution in [2.24, 2.45) is 0 Å². The molecular formula is C23H22N4O3. The van der Waals surface area contributed by atoms with Gasteiger partial charge in [0.05, 0.1) is 23.2 Å². The molecule has 0 spiro atoms. The second-order valence-electron chi connectivity index (χ2n) is 7.43. The maximum atomic E-state index is 13.1. The second-order valence-corrected chi connectivity index (χ2v) is 7.43. The first-order valence-electron chi connectivity index (χ1n) is 10.0. The van der Waals surface area contributed by atoms with Crippen LogP contribution in [0.2, 0.25) is 0 Å². The molecule has 30 heavy (non-hydrogen) atoms. The zero-order valence-electron chi connectivity index (χ0n) is 16.7. The molecule has 0 saturated heterocycles. The third-order valence-corrected chi connectivity index (χ3v) is 5.66. The number of aryl methyl sites for hydroxylation is 1. The molecule has 1 N–H and O–H groups in total. The lowest BCUT2D eigenvalue weighted by atomic mass is 10.0. The molecule has 7 nitrogen and oxygen atoms in total. The normalized spacial score (nSPS) is 12.7. The van der Waals surface area contributed by atoms with E-state index in [0.29, 0.717) is 36.4 Å². The highest BCUT2D eigenvalue weighted by atomic mass is 16.5. The molecule has 1 aliphatic rings. The fourth-order valence-corrected chi connectivity index (χ4v) is 4.32. The van der Waals surface area contributed by atoms with Crippen molar-refractivity contribution in [3.8, 4) is 11.5 Å². The lowest BCUT2D eigenvalue weighted by Crippen LogP contribution is -2.32. The molecule has 3 heterocycles. The molecule has 1 aliphatic heterocycles. The number of carbonyl (C=O) groups excluding carboxylic acids is 1. The summed E-state index contributed by atoms with van der Waals surface area (Å²) >= 11 is 0. The van der Waals surface area contributed by atoms with E-state index in [4.69, 9.17) is 9.72 Å². The molecule has 0 atom stereocenters. The molecule has 1 amide bonds. The van der Waals surface area contributed by atoms with Gasteiger partial charge in [-0.1, -0.05) is 30.3 Å². The van der Waals surface area contributed by atoms with Crippen molar-refractivity contribution in [2.75, 3.05) is 20.3 Å². The highest BCUT2D eigenvalue weighted by Gasteiger charge is 2.27. The number of carbonyl (C=O) groups is 1. The molecule has 152 valence electrons. The van der Waals surface area contributed by atoms with E-state index < -0.39 is 0 Å². The van der Waals surface area contributed by atoms with Crippen LogP contribution in [-0.4, -0.2) is 40.3 Å². The monoisotopic (exact) mass is 402 g/mol. The van der Waals surface area contributed by atoms with Crippen molar-refractivity contribution < 1.29 is 9.53 Å². The van der Waals surface area contributed by atoms with Gasteiger partial charge in [0, 0.05) is 31.1 Å². The van der Waals surface area contributed by atoms with Crippen molar-refractivity contribution in [2.45, 2.75) is 19.5 Å². The second kappa shape index (κ2) is 7.42. The number of ether oxygens (including phenoxy) is 1. The Hall–Kier alpha value is -3.45. The summed E-state index contributed by atoms with van der Waals surface area (Å²) in [5, 5.41) is 4.60. The van der Waals surface area contributed by atoms with E-state index in [9.17, 15) is 9.59 Å². The number of methoxy groups -OCH3 is 1. The summed E-state index contributed by atoms with van der Waals surface area (Å²) in [4.78, 5) is 30.6. The SMILES string of the molecule is COCCNC(=O)Cn1c2c(c3ccccc31)CCn1c-2nc2ccccc2c1=O. The van der Waals surface area contributed by atoms with Gasteiger partial charge in [-0.25, -0.2) is 4.98 Å². The Morgan fingerprint density at radius 1 is 1.13 bits per heavy atom. The van der Waals surface area contributed by atoms with Gasteiger partial charge in [-0.3, -0.25) is 14.2 Å². The van der Waals surface area contributed by atoms with Crippen LogP contribution in [0.25, 0.3) is 33.3 Å². The van der Waals surface area contributed by atoms with Crippen LogP contribution in [0.5, 0.6) is 0 Å². The number of nitrogens with zero attached hydrogens (tertiary/aromatic N) is 3. The van der Waals surface area contributed by atoms with Crippen LogP contribution in [0.4, 0.5) is 0 Å². The Morgan fingerprint density at radius 2 is 1.90 bits per heavy atom. The van der Waals surface area contributed by atoms with Gasteiger partial charge in [0.25, 0.3) is 5.56 Å². The highest BCUT2D eigenvalue weighted by molar-refractivity contribution is 5.93. The Kier molecular flexibility index (Phi) is 4.59. The highest BCUT2D eigenvalue weighted by Crippen LogP contribution is 2.36. The van der Waals surface area contributed by atoms with Crippen molar-refractivity contribution in [1.82, 2.24) is 19.4 Å². The summed E-state index contributed by atoms with van der Waals surface area (Å²) in [6.07, 6.45) is 0.723. The third kappa shape index (κ3) is 2.90. The minimum absolute atomic E-state index is 0.0393. The molecule has 0 aliphatic carbocycles. The molecule has 0 fully saturated rings. The molecule has 0 saturated carbocycles. The third-order valence-electron chi connectivity index (χ3n) is 5.66. The van der Waals surface area contributed by atoms with E-state index in [2.05, 4.69) is 11.4 Å². The van der Waals surface area contributed by atoms with Gasteiger partial charge in [-0.05, 0) is 30.2 Å². The van der Waals surface area contributed by atoms with Gasteiger partial charge in [0.1, 0.15) is 6.54 Å². The zero-order valence-corrected chi connectivity index (χ0v) is 16.7. The van der Waals surface area contributed by atoms with E-state index in [1.54, 1.807) is 11.7 Å². The molecule has 7 heteroatoms. The maximum Gasteiger partial charge on any atom is 0.261 e. The molecule has 4 aromatic rings. The standard InChI is InChI=1S/C23H22N4O3/c1-30-13-11-24-20(28)14-27-19-9-5-3-6-15(19)16-10-12-26-22(21(16)27)25-18-8-4-2-7-17(18)23(26)29/h2-9H,10-14H2,1H3,(H,24,28). The Morgan fingerprint density at radius 3 is 2.73 bits per heavy atom. The first-order chi connectivity index (χ1) is 14.7. The van der Waals surface area contributed by atoms with E-state index in [1.165, 1.54) is 0 Å². The average Bonchev–Trinajstić information content (AvgIpc) is 3.08. The first kappa shape index (κ1) is 18.6. The van der Waals surface area contributed by atoms with Crippen LogP contribution < -0.4 is 10.9 Å². The van der Waals surface area contributed by atoms with Crippen LogP contribution in [0, 0.1) is 0 Å². The number of nitrogens with one attached hydrogen (secondary N) is 1. The number of rotatable bonds is 5. The summed E-state index contributed by atoms with van der Waals surface area (Å²) in [6.45, 7) is 1.65. The zero-order chi connectivity index (χ0) is 20.7. The van der Waals surface area contributed by atoms with Crippen LogP contribution in [0.3, 0.4) is 0 Å². The molecule has 0 radical (unpaired) electrons. The molecular weight excluding hydrogens is 380 g/mol. The van der Waals surface area contributed by atoms with Crippen molar-refractivity contribution >= 4 is 27.7 Å². The maximum absolute atomic E-state index is 13.1. The Labute approximate surface area is 172 Å². The van der Waals surface area contributed by atoms with Crippen molar-refractivity contribution in [3.05, 3.63) is 64.4 Å². The number of aromatic nitrogens is 3. The lowest BCUT2D eigenvalue weighted by Gasteiger charge is -2.21. The van der Waals surface area contributed by atoms with Gasteiger partial charge in [0.15, 0.2) is 5.82 Å². The van der Waals surface area contributed by atoms with E-state index >= 15 is 0 Å². The summed E-state index contributed by atoms with van der Waals surface area (Å²) in [7, 11) is 1.60. The van der Waals surface area contributed by atoms with Gasteiger partial charge in [-0.2, -0.15) is 0 Å². The van der Waals surface area contributed by atoms with Gasteiger partial charge < -0.3 is 14.6 Å². The molecule has 5 rings (SSSR count). The molecule has 0 bridgehead atoms. The predicted molar refractivity (Wildman–Crippen MR) is 116 cm³/mol. The van der Waals surface area contributed by atoms with E-state index in [-0.39, 0.29) is 18.0 Å². The number of para-hydroxylation sites is 2. The first-order valence-corrected chi connectivity index (χ1v) is 10.0. The quantitative estimate of drug-likeness (QED) is 0.520. The summed E-state index contributed by atoms with van der Waals surface area (Å²) in [6, 6.07) is 15.5. The molecule has 2 aromatic heterocycles. The number of fused-ring (bicyclic) bond motifs is 6. The summed E-state index contributed by atoms with van der Waals surface area (Å²) in [5.41, 5.74) is 3.59. The van der Waals surface area contributed by atoms with Gasteiger partial charge in [-0.15, -0.1) is 0 Å². The molecule has 0 unspecified atom stereocenters. The summed E-state index contributed by atoms with van der Waals surface area (Å²) in [5.74, 6) is 0.525. The fourth-order valence-electron chi connectivity index (χ4n) is 4.32. The number of hydrogen-bond acceptors (Lipinski definition) is 4. The number of amides is 1. The predicted octanol–water partition coefficient (Wildman–Crippen LogP) is 2.34. The minimum Gasteiger partial charge on any atom is -0.383 e. The van der Waals surface area contributed by atoms with Gasteiger partial charge in [0.2, 0.25) is 5.91 Å². The van der Waals surface area contributed by atoms with E-state index in [1.807, 2.05) is 47.0 Å². The van der Waals surface area contributed by atoms with Crippen LogP contribution >= 0.6 is 0 Å². The van der Waals surface area contributed by atoms with Crippen LogP contribution in [-0.2, 0) is 29.0 Å². The summed E-state index contributed by atoms with van der Waals surface area (Å²) < 4.78 is 8.74. The minimum atomic E-state index is -0.101. The average molecular weight is 402 g/mol. The largest absolute Gasteiger partial charge is 0.383 e. The number of benzene rings is 2. The Bertz CT molecular complexity index is 1340. The molecule has 2 aromatic carbocycles. The fraction of sp³-hybridized carbons (Fsp3) is 0.261. The number of hydrogen-bond donors (Lipinski definition) is 1. The smallest absolute Gasteiger partial charge is 0.261 e. The van der Waals surface area contributed by atoms with E-state index in [0.717, 1.165) is 28.6 Å². The van der Waals surface area contributed by atoms with Crippen LogP contribution in [0.1, 0.15) is 5.56 Å². The van der Waals surface area contributed by atoms with Crippen LogP contribution in [0.15, 0.2) is 53.3 Å². The van der Waals surface area contributed by atoms with Crippen molar-refractivity contribution in [1.29, 1.82) is 0 Å². The topological polar surface area (TPSA) is 78.2 Å².